The third-order valence-corrected chi connectivity index (χ3v) is 6.33. The Morgan fingerprint density at radius 1 is 1.37 bits per heavy atom. The Hall–Kier alpha value is -1.86. The maximum Gasteiger partial charge on any atom is 0.300 e. The number of aromatic nitrogens is 1. The van der Waals surface area contributed by atoms with Crippen molar-refractivity contribution in [2.24, 2.45) is 5.92 Å². The Morgan fingerprint density at radius 2 is 2.19 bits per heavy atom. The molecule has 27 heavy (non-hydrogen) atoms. The third-order valence-electron chi connectivity index (χ3n) is 6.10. The van der Waals surface area contributed by atoms with Crippen molar-refractivity contribution in [3.8, 4) is 0 Å². The van der Waals surface area contributed by atoms with E-state index in [2.05, 4.69) is 33.5 Å². The van der Waals surface area contributed by atoms with Crippen LogP contribution in [0.15, 0.2) is 29.8 Å². The fraction of sp³-hybridized carbons (Fsp3) is 0.632. The van der Waals surface area contributed by atoms with Crippen molar-refractivity contribution in [3.05, 3.63) is 50.7 Å². The van der Waals surface area contributed by atoms with Crippen LogP contribution in [0.4, 0.5) is 0 Å². The number of pyridine rings is 1. The number of hydrogen-bond acceptors (Lipinski definition) is 6. The molecule has 3 heterocycles. The minimum atomic E-state index is -0.181. The van der Waals surface area contributed by atoms with E-state index in [-0.39, 0.29) is 11.0 Å². The number of nitrogens with zero attached hydrogens (tertiary/aromatic N) is 5. The molecule has 2 aliphatic heterocycles. The van der Waals surface area contributed by atoms with Crippen molar-refractivity contribution in [1.82, 2.24) is 19.7 Å². The van der Waals surface area contributed by atoms with Crippen molar-refractivity contribution in [2.45, 2.75) is 51.7 Å². The van der Waals surface area contributed by atoms with Crippen molar-refractivity contribution < 1.29 is 4.92 Å². The second kappa shape index (κ2) is 7.28. The summed E-state index contributed by atoms with van der Waals surface area (Å²) in [6.07, 6.45) is 5.29. The largest absolute Gasteiger partial charge is 0.348 e. The SMILES string of the molecule is CC(C)N1CC([N+](=O)[O-])=C2N(Cc3ccc(Cl)nc3)CC3CCCC3N2C1. The van der Waals surface area contributed by atoms with Gasteiger partial charge in [0.2, 0.25) is 0 Å². The zero-order valence-corrected chi connectivity index (χ0v) is 16.6. The van der Waals surface area contributed by atoms with E-state index in [9.17, 15) is 10.1 Å². The quantitative estimate of drug-likeness (QED) is 0.446. The molecule has 3 aliphatic rings. The zero-order chi connectivity index (χ0) is 19.1. The molecule has 2 fully saturated rings. The summed E-state index contributed by atoms with van der Waals surface area (Å²) in [4.78, 5) is 22.7. The topological polar surface area (TPSA) is 65.8 Å². The van der Waals surface area contributed by atoms with Gasteiger partial charge in [0.1, 0.15) is 5.15 Å². The first-order valence-corrected chi connectivity index (χ1v) is 10.1. The molecular weight excluding hydrogens is 366 g/mol. The molecular formula is C19H26ClN5O2. The molecule has 4 rings (SSSR count). The molecule has 7 nitrogen and oxygen atoms in total. The van der Waals surface area contributed by atoms with Gasteiger partial charge in [-0.3, -0.25) is 15.0 Å². The van der Waals surface area contributed by atoms with E-state index in [4.69, 9.17) is 11.6 Å². The van der Waals surface area contributed by atoms with Crippen LogP contribution in [-0.4, -0.2) is 56.4 Å². The summed E-state index contributed by atoms with van der Waals surface area (Å²) in [5, 5.41) is 12.4. The van der Waals surface area contributed by atoms with Crippen LogP contribution in [0.3, 0.4) is 0 Å². The van der Waals surface area contributed by atoms with Gasteiger partial charge in [0, 0.05) is 31.4 Å². The predicted octanol–water partition coefficient (Wildman–Crippen LogP) is 3.15. The predicted molar refractivity (Wildman–Crippen MR) is 103 cm³/mol. The minimum Gasteiger partial charge on any atom is -0.348 e. The number of rotatable bonds is 4. The molecule has 8 heteroatoms. The molecule has 0 spiro atoms. The maximum absolute atomic E-state index is 12.0. The van der Waals surface area contributed by atoms with Gasteiger partial charge in [-0.05, 0) is 44.2 Å². The molecule has 2 atom stereocenters. The van der Waals surface area contributed by atoms with Crippen molar-refractivity contribution in [3.63, 3.8) is 0 Å². The lowest BCUT2D eigenvalue weighted by Gasteiger charge is -2.51. The monoisotopic (exact) mass is 391 g/mol. The van der Waals surface area contributed by atoms with Gasteiger partial charge in [-0.1, -0.05) is 24.1 Å². The van der Waals surface area contributed by atoms with E-state index in [0.29, 0.717) is 35.9 Å². The molecule has 0 radical (unpaired) electrons. The first-order valence-electron chi connectivity index (χ1n) is 9.67. The highest BCUT2D eigenvalue weighted by Crippen LogP contribution is 2.41. The Balaban J connectivity index is 1.72. The lowest BCUT2D eigenvalue weighted by atomic mass is 9.96. The van der Waals surface area contributed by atoms with Gasteiger partial charge in [0.25, 0.3) is 5.70 Å². The van der Waals surface area contributed by atoms with E-state index >= 15 is 0 Å². The van der Waals surface area contributed by atoms with E-state index in [1.807, 2.05) is 6.07 Å². The van der Waals surface area contributed by atoms with Gasteiger partial charge in [-0.15, -0.1) is 0 Å². The summed E-state index contributed by atoms with van der Waals surface area (Å²) in [5.74, 6) is 1.38. The molecule has 1 aromatic heterocycles. The summed E-state index contributed by atoms with van der Waals surface area (Å²) in [6, 6.07) is 4.42. The van der Waals surface area contributed by atoms with Crippen LogP contribution in [0.2, 0.25) is 5.15 Å². The Labute approximate surface area is 164 Å². The minimum absolute atomic E-state index is 0.181. The average molecular weight is 392 g/mol. The molecule has 2 unspecified atom stereocenters. The molecule has 146 valence electrons. The second-order valence-electron chi connectivity index (χ2n) is 8.11. The zero-order valence-electron chi connectivity index (χ0n) is 15.8. The standard InChI is InChI=1S/C19H26ClN5O2/c1-13(2)23-11-17(25(26)27)19-22(9-14-6-7-18(20)21-8-14)10-15-4-3-5-16(15)24(19)12-23/h6-8,13,15-16H,3-5,9-12H2,1-2H3. The normalized spacial score (nSPS) is 25.8. The van der Waals surface area contributed by atoms with Gasteiger partial charge in [-0.25, -0.2) is 4.98 Å². The first-order chi connectivity index (χ1) is 12.9. The molecule has 0 amide bonds. The highest BCUT2D eigenvalue weighted by molar-refractivity contribution is 6.29. The summed E-state index contributed by atoms with van der Waals surface area (Å²) < 4.78 is 0. The van der Waals surface area contributed by atoms with Gasteiger partial charge in [0.05, 0.1) is 18.1 Å². The molecule has 0 bridgehead atoms. The highest BCUT2D eigenvalue weighted by atomic mass is 35.5. The molecule has 0 aromatic carbocycles. The summed E-state index contributed by atoms with van der Waals surface area (Å²) in [7, 11) is 0. The van der Waals surface area contributed by atoms with Crippen LogP contribution in [0.1, 0.15) is 38.7 Å². The van der Waals surface area contributed by atoms with E-state index in [1.54, 1.807) is 12.3 Å². The summed E-state index contributed by atoms with van der Waals surface area (Å²) >= 11 is 5.91. The van der Waals surface area contributed by atoms with Gasteiger partial charge in [-0.2, -0.15) is 0 Å². The van der Waals surface area contributed by atoms with E-state index < -0.39 is 0 Å². The van der Waals surface area contributed by atoms with Crippen LogP contribution in [0, 0.1) is 16.0 Å². The van der Waals surface area contributed by atoms with Gasteiger partial charge < -0.3 is 9.80 Å². The van der Waals surface area contributed by atoms with Crippen LogP contribution < -0.4 is 0 Å². The van der Waals surface area contributed by atoms with Crippen molar-refractivity contribution in [2.75, 3.05) is 19.8 Å². The fourth-order valence-electron chi connectivity index (χ4n) is 4.72. The van der Waals surface area contributed by atoms with Crippen LogP contribution in [0.5, 0.6) is 0 Å². The number of fused-ring (bicyclic) bond motifs is 3. The molecule has 1 saturated carbocycles. The molecule has 1 saturated heterocycles. The number of hydrogen-bond donors (Lipinski definition) is 0. The molecule has 1 aliphatic carbocycles. The molecule has 0 N–H and O–H groups in total. The Kier molecular flexibility index (Phi) is 4.99. The van der Waals surface area contributed by atoms with Crippen LogP contribution in [0.25, 0.3) is 0 Å². The fourth-order valence-corrected chi connectivity index (χ4v) is 4.83. The number of halogens is 1. The highest BCUT2D eigenvalue weighted by Gasteiger charge is 2.47. The number of nitro groups is 1. The van der Waals surface area contributed by atoms with Crippen molar-refractivity contribution in [1.29, 1.82) is 0 Å². The van der Waals surface area contributed by atoms with Gasteiger partial charge in [0.15, 0.2) is 5.82 Å². The summed E-state index contributed by atoms with van der Waals surface area (Å²) in [6.45, 7) is 6.87. The van der Waals surface area contributed by atoms with Gasteiger partial charge >= 0.3 is 0 Å². The lowest BCUT2D eigenvalue weighted by molar-refractivity contribution is -0.435. The lowest BCUT2D eigenvalue weighted by Crippen LogP contribution is -2.59. The van der Waals surface area contributed by atoms with E-state index in [0.717, 1.165) is 31.0 Å². The summed E-state index contributed by atoms with van der Waals surface area (Å²) in [5.41, 5.74) is 1.35. The third kappa shape index (κ3) is 3.50. The van der Waals surface area contributed by atoms with Crippen molar-refractivity contribution >= 4 is 11.6 Å². The average Bonchev–Trinajstić information content (AvgIpc) is 3.11. The first kappa shape index (κ1) is 18.5. The maximum atomic E-state index is 12.0. The molecule has 1 aromatic rings. The van der Waals surface area contributed by atoms with Crippen LogP contribution >= 0.6 is 11.6 Å². The second-order valence-corrected chi connectivity index (χ2v) is 8.49. The smallest absolute Gasteiger partial charge is 0.300 e. The Bertz CT molecular complexity index is 751. The van der Waals surface area contributed by atoms with Crippen LogP contribution in [-0.2, 0) is 6.54 Å². The van der Waals surface area contributed by atoms with E-state index in [1.165, 1.54) is 12.8 Å². The Morgan fingerprint density at radius 3 is 2.85 bits per heavy atom.